The first-order valence-electron chi connectivity index (χ1n) is 3.51. The molecule has 1 saturated heterocycles. The number of thioether (sulfide) groups is 1. The van der Waals surface area contributed by atoms with Crippen LogP contribution in [0.2, 0.25) is 0 Å². The van der Waals surface area contributed by atoms with Gasteiger partial charge < -0.3 is 10.0 Å². The standard InChI is InChI=1S/C7H15NOS/c1-8-3-7(4-8,5-9)6-10-2/h9H,3-6H2,1-2H3. The van der Waals surface area contributed by atoms with Gasteiger partial charge in [0, 0.05) is 24.3 Å². The van der Waals surface area contributed by atoms with Crippen molar-refractivity contribution < 1.29 is 5.11 Å². The summed E-state index contributed by atoms with van der Waals surface area (Å²) in [5, 5.41) is 9.05. The van der Waals surface area contributed by atoms with Gasteiger partial charge in [-0.05, 0) is 13.3 Å². The molecule has 0 spiro atoms. The predicted octanol–water partition coefficient (Wildman–Crippen LogP) is 0.274. The lowest BCUT2D eigenvalue weighted by Gasteiger charge is -2.47. The van der Waals surface area contributed by atoms with E-state index in [1.165, 1.54) is 0 Å². The minimum Gasteiger partial charge on any atom is -0.396 e. The molecule has 1 aliphatic heterocycles. The molecule has 0 aromatic rings. The minimum atomic E-state index is 0.230. The molecule has 3 heteroatoms. The topological polar surface area (TPSA) is 23.5 Å². The summed E-state index contributed by atoms with van der Waals surface area (Å²) in [4.78, 5) is 2.24. The van der Waals surface area contributed by atoms with Gasteiger partial charge in [-0.3, -0.25) is 0 Å². The third-order valence-electron chi connectivity index (χ3n) is 2.00. The Hall–Kier alpha value is 0.270. The van der Waals surface area contributed by atoms with Crippen molar-refractivity contribution in [3.05, 3.63) is 0 Å². The summed E-state index contributed by atoms with van der Waals surface area (Å²) in [5.41, 5.74) is 0.230. The van der Waals surface area contributed by atoms with E-state index >= 15 is 0 Å². The van der Waals surface area contributed by atoms with Crippen LogP contribution in [-0.4, -0.2) is 48.8 Å². The maximum absolute atomic E-state index is 9.05. The van der Waals surface area contributed by atoms with Crippen molar-refractivity contribution in [1.29, 1.82) is 0 Å². The SMILES string of the molecule is CSCC1(CO)CN(C)C1. The Balaban J connectivity index is 2.32. The Morgan fingerprint density at radius 1 is 1.60 bits per heavy atom. The maximum atomic E-state index is 9.05. The number of likely N-dealkylation sites (tertiary alicyclic amines) is 1. The highest BCUT2D eigenvalue weighted by Crippen LogP contribution is 2.31. The monoisotopic (exact) mass is 161 g/mol. The largest absolute Gasteiger partial charge is 0.396 e. The third kappa shape index (κ3) is 1.47. The Bertz CT molecular complexity index is 107. The number of rotatable bonds is 3. The zero-order valence-electron chi connectivity index (χ0n) is 6.63. The molecule has 1 N–H and O–H groups in total. The molecule has 1 heterocycles. The summed E-state index contributed by atoms with van der Waals surface area (Å²) in [6.07, 6.45) is 2.09. The molecular weight excluding hydrogens is 146 g/mol. The van der Waals surface area contributed by atoms with E-state index < -0.39 is 0 Å². The first-order valence-corrected chi connectivity index (χ1v) is 4.90. The van der Waals surface area contributed by atoms with Crippen molar-refractivity contribution in [2.75, 3.05) is 38.8 Å². The lowest BCUT2D eigenvalue weighted by molar-refractivity contribution is -0.00588. The second-order valence-corrected chi connectivity index (χ2v) is 4.13. The molecule has 0 aromatic heterocycles. The molecule has 2 nitrogen and oxygen atoms in total. The van der Waals surface area contributed by atoms with Gasteiger partial charge in [-0.1, -0.05) is 0 Å². The number of aliphatic hydroxyl groups is 1. The molecule has 0 aliphatic carbocycles. The van der Waals surface area contributed by atoms with Crippen LogP contribution in [0, 0.1) is 5.41 Å². The third-order valence-corrected chi connectivity index (χ3v) is 2.90. The highest BCUT2D eigenvalue weighted by atomic mass is 32.2. The molecule has 0 amide bonds. The fourth-order valence-corrected chi connectivity index (χ4v) is 2.53. The van der Waals surface area contributed by atoms with Crippen LogP contribution in [0.15, 0.2) is 0 Å². The summed E-state index contributed by atoms with van der Waals surface area (Å²) < 4.78 is 0. The smallest absolute Gasteiger partial charge is 0.0519 e. The zero-order chi connectivity index (χ0) is 7.61. The molecule has 0 aromatic carbocycles. The minimum absolute atomic E-state index is 0.230. The van der Waals surface area contributed by atoms with Crippen molar-refractivity contribution >= 4 is 11.8 Å². The lowest BCUT2D eigenvalue weighted by Crippen LogP contribution is -2.57. The molecule has 60 valence electrons. The van der Waals surface area contributed by atoms with Gasteiger partial charge in [-0.25, -0.2) is 0 Å². The zero-order valence-corrected chi connectivity index (χ0v) is 7.45. The van der Waals surface area contributed by atoms with E-state index in [0.717, 1.165) is 18.8 Å². The molecule has 10 heavy (non-hydrogen) atoms. The second-order valence-electron chi connectivity index (χ2n) is 3.26. The summed E-state index contributed by atoms with van der Waals surface area (Å²) in [5.74, 6) is 1.09. The average Bonchev–Trinajstić information content (AvgIpc) is 1.84. The molecule has 0 atom stereocenters. The summed E-state index contributed by atoms with van der Waals surface area (Å²) in [6.45, 7) is 2.47. The molecule has 1 fully saturated rings. The number of nitrogens with zero attached hydrogens (tertiary/aromatic N) is 1. The van der Waals surface area contributed by atoms with Crippen LogP contribution in [0.4, 0.5) is 0 Å². The predicted molar refractivity (Wildman–Crippen MR) is 45.4 cm³/mol. The van der Waals surface area contributed by atoms with Crippen LogP contribution < -0.4 is 0 Å². The Kier molecular flexibility index (Phi) is 2.61. The first-order chi connectivity index (χ1) is 4.72. The van der Waals surface area contributed by atoms with Gasteiger partial charge in [0.25, 0.3) is 0 Å². The Morgan fingerprint density at radius 3 is 2.50 bits per heavy atom. The molecule has 1 rings (SSSR count). The van der Waals surface area contributed by atoms with E-state index in [1.54, 1.807) is 0 Å². The number of hydrogen-bond acceptors (Lipinski definition) is 3. The summed E-state index contributed by atoms with van der Waals surface area (Å²) >= 11 is 1.82. The van der Waals surface area contributed by atoms with E-state index in [0.29, 0.717) is 6.61 Å². The van der Waals surface area contributed by atoms with E-state index in [4.69, 9.17) is 5.11 Å². The quantitative estimate of drug-likeness (QED) is 0.643. The maximum Gasteiger partial charge on any atom is 0.0519 e. The van der Waals surface area contributed by atoms with E-state index in [9.17, 15) is 0 Å². The highest BCUT2D eigenvalue weighted by Gasteiger charge is 2.39. The van der Waals surface area contributed by atoms with Crippen LogP contribution in [0.5, 0.6) is 0 Å². The molecule has 0 radical (unpaired) electrons. The van der Waals surface area contributed by atoms with Crippen LogP contribution >= 0.6 is 11.8 Å². The fourth-order valence-electron chi connectivity index (χ4n) is 1.64. The fraction of sp³-hybridized carbons (Fsp3) is 1.00. The van der Waals surface area contributed by atoms with Crippen molar-refractivity contribution in [1.82, 2.24) is 4.90 Å². The van der Waals surface area contributed by atoms with Gasteiger partial charge in [0.1, 0.15) is 0 Å². The summed E-state index contributed by atoms with van der Waals surface area (Å²) in [6, 6.07) is 0. The Morgan fingerprint density at radius 2 is 2.20 bits per heavy atom. The highest BCUT2D eigenvalue weighted by molar-refractivity contribution is 7.98. The van der Waals surface area contributed by atoms with E-state index in [2.05, 4.69) is 18.2 Å². The van der Waals surface area contributed by atoms with Gasteiger partial charge in [0.2, 0.25) is 0 Å². The number of aliphatic hydroxyl groups excluding tert-OH is 1. The molecule has 1 aliphatic rings. The molecule has 0 saturated carbocycles. The van der Waals surface area contributed by atoms with E-state index in [1.807, 2.05) is 11.8 Å². The van der Waals surface area contributed by atoms with Crippen molar-refractivity contribution in [3.63, 3.8) is 0 Å². The molecular formula is C7H15NOS. The van der Waals surface area contributed by atoms with Crippen molar-refractivity contribution in [2.24, 2.45) is 5.41 Å². The average molecular weight is 161 g/mol. The Labute approximate surface area is 66.6 Å². The van der Waals surface area contributed by atoms with Gasteiger partial charge in [0.05, 0.1) is 6.61 Å². The lowest BCUT2D eigenvalue weighted by atomic mass is 9.83. The van der Waals surface area contributed by atoms with Gasteiger partial charge in [-0.15, -0.1) is 0 Å². The van der Waals surface area contributed by atoms with Crippen LogP contribution in [0.3, 0.4) is 0 Å². The summed E-state index contributed by atoms with van der Waals surface area (Å²) in [7, 11) is 2.09. The number of hydrogen-bond donors (Lipinski definition) is 1. The van der Waals surface area contributed by atoms with Gasteiger partial charge in [-0.2, -0.15) is 11.8 Å². The molecule has 0 bridgehead atoms. The van der Waals surface area contributed by atoms with Crippen LogP contribution in [-0.2, 0) is 0 Å². The van der Waals surface area contributed by atoms with Crippen LogP contribution in [0.25, 0.3) is 0 Å². The first kappa shape index (κ1) is 8.37. The van der Waals surface area contributed by atoms with Gasteiger partial charge >= 0.3 is 0 Å². The van der Waals surface area contributed by atoms with E-state index in [-0.39, 0.29) is 5.41 Å². The van der Waals surface area contributed by atoms with Gasteiger partial charge in [0.15, 0.2) is 0 Å². The molecule has 0 unspecified atom stereocenters. The van der Waals surface area contributed by atoms with Crippen LogP contribution in [0.1, 0.15) is 0 Å². The van der Waals surface area contributed by atoms with Crippen molar-refractivity contribution in [2.45, 2.75) is 0 Å². The normalized spacial score (nSPS) is 24.3. The second kappa shape index (κ2) is 3.11. The van der Waals surface area contributed by atoms with Crippen molar-refractivity contribution in [3.8, 4) is 0 Å².